The van der Waals surface area contributed by atoms with Gasteiger partial charge in [0, 0.05) is 29.2 Å². The molecule has 0 aromatic heterocycles. The van der Waals surface area contributed by atoms with Crippen LogP contribution in [0.1, 0.15) is 22.8 Å². The van der Waals surface area contributed by atoms with Crippen molar-refractivity contribution in [1.29, 1.82) is 0 Å². The summed E-state index contributed by atoms with van der Waals surface area (Å²) in [5.74, 6) is 1.33. The van der Waals surface area contributed by atoms with Gasteiger partial charge in [-0.15, -0.1) is 0 Å². The molecule has 0 amide bonds. The van der Waals surface area contributed by atoms with Crippen LogP contribution in [-0.2, 0) is 4.74 Å². The minimum atomic E-state index is -0.322. The smallest absolute Gasteiger partial charge is 0.166 e. The molecule has 0 spiro atoms. The van der Waals surface area contributed by atoms with Gasteiger partial charge in [0.25, 0.3) is 0 Å². The van der Waals surface area contributed by atoms with Gasteiger partial charge in [-0.2, -0.15) is 0 Å². The van der Waals surface area contributed by atoms with E-state index in [-0.39, 0.29) is 6.10 Å². The Hall–Kier alpha value is -2.11. The first-order chi connectivity index (χ1) is 11.7. The third kappa shape index (κ3) is 3.86. The highest BCUT2D eigenvalue weighted by atomic mass is 32.1. The van der Waals surface area contributed by atoms with Gasteiger partial charge in [-0.3, -0.25) is 0 Å². The second-order valence-corrected chi connectivity index (χ2v) is 5.64. The summed E-state index contributed by atoms with van der Waals surface area (Å²) >= 11 is 4.94. The lowest BCUT2D eigenvalue weighted by Gasteiger charge is -2.24. The van der Waals surface area contributed by atoms with Crippen LogP contribution in [0, 0.1) is 6.92 Å². The number of ether oxygens (including phenoxy) is 3. The highest BCUT2D eigenvalue weighted by molar-refractivity contribution is 7.79. The van der Waals surface area contributed by atoms with Gasteiger partial charge in [-0.1, -0.05) is 36.5 Å². The fourth-order valence-electron chi connectivity index (χ4n) is 2.72. The first kappa shape index (κ1) is 18.2. The second kappa shape index (κ2) is 8.66. The Bertz CT molecular complexity index is 703. The zero-order valence-corrected chi connectivity index (χ0v) is 15.3. The molecular weight excluding hydrogens is 322 g/mol. The molecule has 0 aliphatic heterocycles. The maximum absolute atomic E-state index is 6.05. The number of rotatable bonds is 8. The molecule has 0 bridgehead atoms. The number of hydrogen-bond donors (Lipinski definition) is 1. The summed E-state index contributed by atoms with van der Waals surface area (Å²) in [6, 6.07) is 12.0. The van der Waals surface area contributed by atoms with Crippen molar-refractivity contribution in [2.45, 2.75) is 13.0 Å². The Kier molecular flexibility index (Phi) is 6.58. The first-order valence-corrected chi connectivity index (χ1v) is 8.17. The summed E-state index contributed by atoms with van der Waals surface area (Å²) in [4.78, 5) is 0. The molecule has 0 saturated carbocycles. The maximum Gasteiger partial charge on any atom is 0.166 e. The van der Waals surface area contributed by atoms with Gasteiger partial charge in [0.05, 0.1) is 20.8 Å². The van der Waals surface area contributed by atoms with E-state index in [1.165, 1.54) is 5.56 Å². The van der Waals surface area contributed by atoms with E-state index >= 15 is 0 Å². The number of benzene rings is 2. The molecule has 0 heterocycles. The van der Waals surface area contributed by atoms with Gasteiger partial charge in [-0.25, -0.2) is 0 Å². The Morgan fingerprint density at radius 2 is 1.92 bits per heavy atom. The molecule has 1 N–H and O–H groups in total. The van der Waals surface area contributed by atoms with Crippen LogP contribution >= 0.6 is 12.2 Å². The third-order valence-electron chi connectivity index (χ3n) is 3.81. The van der Waals surface area contributed by atoms with Gasteiger partial charge in [0.2, 0.25) is 0 Å². The van der Waals surface area contributed by atoms with Crippen molar-refractivity contribution in [3.8, 4) is 11.5 Å². The standard InChI is InChI=1S/C19H23NO3S/c1-13-8-9-14(16(12-13)20-2)18(23-10-11-24)15-6-5-7-17(21-3)19(15)22-4/h5-9,11-12,18,20H,10H2,1-4H3/t18-/m0/s1. The molecule has 1 atom stereocenters. The molecule has 2 rings (SSSR count). The molecule has 0 radical (unpaired) electrons. The lowest BCUT2D eigenvalue weighted by atomic mass is 9.97. The molecule has 4 nitrogen and oxygen atoms in total. The lowest BCUT2D eigenvalue weighted by Crippen LogP contribution is -2.12. The number of aryl methyl sites for hydroxylation is 1. The monoisotopic (exact) mass is 345 g/mol. The van der Waals surface area contributed by atoms with E-state index in [9.17, 15) is 0 Å². The number of para-hydroxylation sites is 1. The summed E-state index contributed by atoms with van der Waals surface area (Å²) < 4.78 is 17.1. The molecule has 0 aliphatic carbocycles. The van der Waals surface area contributed by atoms with Gasteiger partial charge in [0.15, 0.2) is 11.5 Å². The fraction of sp³-hybridized carbons (Fsp3) is 0.316. The van der Waals surface area contributed by atoms with Gasteiger partial charge < -0.3 is 19.5 Å². The summed E-state index contributed by atoms with van der Waals surface area (Å²) in [6.45, 7) is 2.42. The molecule has 2 aromatic carbocycles. The molecule has 128 valence electrons. The van der Waals surface area contributed by atoms with Crippen LogP contribution in [0.15, 0.2) is 36.4 Å². The molecular formula is C19H23NO3S. The largest absolute Gasteiger partial charge is 0.493 e. The van der Waals surface area contributed by atoms with Crippen LogP contribution < -0.4 is 14.8 Å². The predicted octanol–water partition coefficient (Wildman–Crippen LogP) is 4.16. The van der Waals surface area contributed by atoms with Crippen molar-refractivity contribution in [2.75, 3.05) is 33.2 Å². The van der Waals surface area contributed by atoms with E-state index in [1.807, 2.05) is 25.2 Å². The second-order valence-electron chi connectivity index (χ2n) is 5.30. The zero-order chi connectivity index (χ0) is 17.5. The highest BCUT2D eigenvalue weighted by Gasteiger charge is 2.23. The fourth-order valence-corrected chi connectivity index (χ4v) is 2.79. The number of anilines is 1. The first-order valence-electron chi connectivity index (χ1n) is 7.70. The minimum Gasteiger partial charge on any atom is -0.493 e. The third-order valence-corrected chi connectivity index (χ3v) is 3.94. The van der Waals surface area contributed by atoms with Crippen molar-refractivity contribution in [2.24, 2.45) is 0 Å². The van der Waals surface area contributed by atoms with Crippen LogP contribution in [0.3, 0.4) is 0 Å². The van der Waals surface area contributed by atoms with Gasteiger partial charge in [0.1, 0.15) is 6.10 Å². The van der Waals surface area contributed by atoms with Crippen molar-refractivity contribution in [3.05, 3.63) is 53.1 Å². The van der Waals surface area contributed by atoms with Gasteiger partial charge in [-0.05, 0) is 24.6 Å². The normalized spacial score (nSPS) is 11.7. The molecule has 0 aliphatic rings. The Morgan fingerprint density at radius 1 is 1.12 bits per heavy atom. The topological polar surface area (TPSA) is 39.7 Å². The van der Waals surface area contributed by atoms with Crippen LogP contribution in [-0.4, -0.2) is 33.2 Å². The van der Waals surface area contributed by atoms with Gasteiger partial charge >= 0.3 is 0 Å². The summed E-state index contributed by atoms with van der Waals surface area (Å²) in [5, 5.41) is 4.82. The Labute approximate surface area is 148 Å². The molecule has 2 aromatic rings. The van der Waals surface area contributed by atoms with Crippen molar-refractivity contribution in [1.82, 2.24) is 0 Å². The number of hydrogen-bond acceptors (Lipinski definition) is 5. The van der Waals surface area contributed by atoms with Crippen molar-refractivity contribution >= 4 is 23.3 Å². The minimum absolute atomic E-state index is 0.322. The SMILES string of the molecule is CNc1cc(C)ccc1[C@H](OCC=S)c1cccc(OC)c1OC. The van der Waals surface area contributed by atoms with E-state index in [1.54, 1.807) is 19.6 Å². The molecule has 0 saturated heterocycles. The lowest BCUT2D eigenvalue weighted by molar-refractivity contribution is 0.113. The van der Waals surface area contributed by atoms with Crippen LogP contribution in [0.2, 0.25) is 0 Å². The Balaban J connectivity index is 2.60. The molecule has 0 unspecified atom stereocenters. The quantitative estimate of drug-likeness (QED) is 0.728. The summed E-state index contributed by atoms with van der Waals surface area (Å²) in [5.41, 5.74) is 4.10. The zero-order valence-electron chi connectivity index (χ0n) is 14.5. The Morgan fingerprint density at radius 3 is 2.54 bits per heavy atom. The van der Waals surface area contributed by atoms with Crippen LogP contribution in [0.5, 0.6) is 11.5 Å². The van der Waals surface area contributed by atoms with E-state index in [0.717, 1.165) is 16.8 Å². The molecule has 5 heteroatoms. The summed E-state index contributed by atoms with van der Waals surface area (Å²) in [7, 11) is 5.16. The number of methoxy groups -OCH3 is 2. The molecule has 0 fully saturated rings. The van der Waals surface area contributed by atoms with Crippen LogP contribution in [0.4, 0.5) is 5.69 Å². The number of nitrogens with one attached hydrogen (secondary N) is 1. The van der Waals surface area contributed by atoms with Crippen LogP contribution in [0.25, 0.3) is 0 Å². The van der Waals surface area contributed by atoms with Crippen molar-refractivity contribution in [3.63, 3.8) is 0 Å². The van der Waals surface area contributed by atoms with E-state index in [0.29, 0.717) is 18.1 Å². The summed E-state index contributed by atoms with van der Waals surface area (Å²) in [6.07, 6.45) is -0.322. The van der Waals surface area contributed by atoms with E-state index < -0.39 is 0 Å². The average molecular weight is 345 g/mol. The van der Waals surface area contributed by atoms with E-state index in [2.05, 4.69) is 30.4 Å². The maximum atomic E-state index is 6.05. The predicted molar refractivity (Wildman–Crippen MR) is 102 cm³/mol. The number of thiocarbonyl (C=S) groups is 1. The average Bonchev–Trinajstić information content (AvgIpc) is 2.62. The highest BCUT2D eigenvalue weighted by Crippen LogP contribution is 2.41. The van der Waals surface area contributed by atoms with E-state index in [4.69, 9.17) is 26.4 Å². The molecule has 24 heavy (non-hydrogen) atoms. The van der Waals surface area contributed by atoms with Crippen molar-refractivity contribution < 1.29 is 14.2 Å².